The first kappa shape index (κ1) is 12.7. The van der Waals surface area contributed by atoms with Crippen LogP contribution in [-0.2, 0) is 11.2 Å². The van der Waals surface area contributed by atoms with E-state index >= 15 is 0 Å². The average molecular weight is 225 g/mol. The highest BCUT2D eigenvalue weighted by molar-refractivity contribution is 5.87. The van der Waals surface area contributed by atoms with Crippen molar-refractivity contribution >= 4 is 5.97 Å². The molecule has 1 rings (SSSR count). The Morgan fingerprint density at radius 1 is 1.50 bits per heavy atom. The number of methoxy groups -OCH3 is 1. The molecule has 90 valence electrons. The summed E-state index contributed by atoms with van der Waals surface area (Å²) in [4.78, 5) is 15.8. The van der Waals surface area contributed by atoms with Crippen molar-refractivity contribution in [1.29, 1.82) is 0 Å². The zero-order chi connectivity index (χ0) is 12.1. The van der Waals surface area contributed by atoms with E-state index < -0.39 is 5.97 Å². The Kier molecular flexibility index (Phi) is 4.52. The first-order valence-electron chi connectivity index (χ1n) is 5.71. The van der Waals surface area contributed by atoms with Crippen molar-refractivity contribution in [1.82, 2.24) is 4.98 Å². The lowest BCUT2D eigenvalue weighted by Crippen LogP contribution is -2.03. The summed E-state index contributed by atoms with van der Waals surface area (Å²) < 4.78 is 10.2. The Labute approximate surface area is 96.0 Å². The van der Waals surface area contributed by atoms with Crippen LogP contribution in [0.5, 0.6) is 0 Å². The van der Waals surface area contributed by atoms with E-state index in [0.29, 0.717) is 11.6 Å². The summed E-state index contributed by atoms with van der Waals surface area (Å²) in [5.74, 6) is 0.686. The van der Waals surface area contributed by atoms with E-state index in [1.165, 1.54) is 7.11 Å². The van der Waals surface area contributed by atoms with Gasteiger partial charge >= 0.3 is 5.97 Å². The molecular weight excluding hydrogens is 206 g/mol. The highest BCUT2D eigenvalue weighted by Crippen LogP contribution is 2.22. The maximum absolute atomic E-state index is 11.5. The number of carbonyl (C=O) groups excluding carboxylic acids is 1. The molecule has 0 aliphatic heterocycles. The van der Waals surface area contributed by atoms with Gasteiger partial charge in [0.25, 0.3) is 0 Å². The highest BCUT2D eigenvalue weighted by Gasteiger charge is 2.22. The van der Waals surface area contributed by atoms with Gasteiger partial charge in [-0.15, -0.1) is 0 Å². The number of oxazole rings is 1. The first-order valence-corrected chi connectivity index (χ1v) is 5.71. The molecule has 4 nitrogen and oxygen atoms in total. The number of hydrogen-bond donors (Lipinski definition) is 0. The number of ether oxygens (including phenoxy) is 1. The quantitative estimate of drug-likeness (QED) is 0.723. The number of aromatic nitrogens is 1. The Hall–Kier alpha value is -1.32. The van der Waals surface area contributed by atoms with Crippen LogP contribution >= 0.6 is 0 Å². The van der Waals surface area contributed by atoms with E-state index in [4.69, 9.17) is 4.42 Å². The second-order valence-electron chi connectivity index (χ2n) is 3.88. The van der Waals surface area contributed by atoms with E-state index in [1.54, 1.807) is 0 Å². The molecule has 0 spiro atoms. The summed E-state index contributed by atoms with van der Waals surface area (Å²) in [5, 5.41) is 0. The molecule has 0 bridgehead atoms. The van der Waals surface area contributed by atoms with Crippen LogP contribution in [0.1, 0.15) is 61.7 Å². The van der Waals surface area contributed by atoms with Crippen LogP contribution in [-0.4, -0.2) is 18.1 Å². The van der Waals surface area contributed by atoms with Gasteiger partial charge in [0.2, 0.25) is 5.76 Å². The summed E-state index contributed by atoms with van der Waals surface area (Å²) in [6.45, 7) is 6.13. The van der Waals surface area contributed by atoms with E-state index in [9.17, 15) is 4.79 Å². The fourth-order valence-corrected chi connectivity index (χ4v) is 1.41. The highest BCUT2D eigenvalue weighted by atomic mass is 16.5. The van der Waals surface area contributed by atoms with E-state index in [1.807, 2.05) is 13.8 Å². The number of aryl methyl sites for hydroxylation is 1. The summed E-state index contributed by atoms with van der Waals surface area (Å²) >= 11 is 0. The summed E-state index contributed by atoms with van der Waals surface area (Å²) in [5.41, 5.74) is 0.713. The van der Waals surface area contributed by atoms with Gasteiger partial charge in [-0.2, -0.15) is 0 Å². The SMILES string of the molecule is CCCc1nc(C(C)CC)oc1C(=O)OC. The number of esters is 1. The Balaban J connectivity index is 3.04. The van der Waals surface area contributed by atoms with Crippen LogP contribution in [0.2, 0.25) is 0 Å². The van der Waals surface area contributed by atoms with Crippen LogP contribution in [0.25, 0.3) is 0 Å². The lowest BCUT2D eigenvalue weighted by molar-refractivity contribution is 0.0560. The number of rotatable bonds is 5. The van der Waals surface area contributed by atoms with Crippen molar-refractivity contribution in [3.63, 3.8) is 0 Å². The van der Waals surface area contributed by atoms with E-state index in [2.05, 4.69) is 16.6 Å². The normalized spacial score (nSPS) is 12.5. The monoisotopic (exact) mass is 225 g/mol. The Bertz CT molecular complexity index is 357. The van der Waals surface area contributed by atoms with Crippen molar-refractivity contribution in [2.75, 3.05) is 7.11 Å². The largest absolute Gasteiger partial charge is 0.463 e. The van der Waals surface area contributed by atoms with Gasteiger partial charge in [0.1, 0.15) is 0 Å². The fraction of sp³-hybridized carbons (Fsp3) is 0.667. The molecule has 1 atom stereocenters. The van der Waals surface area contributed by atoms with Crippen molar-refractivity contribution < 1.29 is 13.9 Å². The molecule has 0 N–H and O–H groups in total. The topological polar surface area (TPSA) is 52.3 Å². The predicted molar refractivity (Wildman–Crippen MR) is 60.5 cm³/mol. The summed E-state index contributed by atoms with van der Waals surface area (Å²) in [6, 6.07) is 0. The second-order valence-corrected chi connectivity index (χ2v) is 3.88. The summed E-state index contributed by atoms with van der Waals surface area (Å²) in [7, 11) is 1.35. The molecule has 0 saturated carbocycles. The predicted octanol–water partition coefficient (Wildman–Crippen LogP) is 2.93. The van der Waals surface area contributed by atoms with Gasteiger partial charge in [-0.25, -0.2) is 9.78 Å². The zero-order valence-corrected chi connectivity index (χ0v) is 10.4. The minimum atomic E-state index is -0.439. The first-order chi connectivity index (χ1) is 7.63. The van der Waals surface area contributed by atoms with Gasteiger partial charge in [0.05, 0.1) is 12.8 Å². The molecule has 1 aromatic heterocycles. The molecule has 0 amide bonds. The van der Waals surface area contributed by atoms with Crippen LogP contribution < -0.4 is 0 Å². The maximum Gasteiger partial charge on any atom is 0.375 e. The van der Waals surface area contributed by atoms with Gasteiger partial charge in [-0.1, -0.05) is 27.2 Å². The Morgan fingerprint density at radius 2 is 2.19 bits per heavy atom. The van der Waals surface area contributed by atoms with Crippen molar-refractivity contribution in [2.24, 2.45) is 0 Å². The van der Waals surface area contributed by atoms with E-state index in [0.717, 1.165) is 19.3 Å². The molecule has 4 heteroatoms. The third-order valence-corrected chi connectivity index (χ3v) is 2.61. The smallest absolute Gasteiger partial charge is 0.375 e. The molecule has 0 saturated heterocycles. The van der Waals surface area contributed by atoms with Crippen molar-refractivity contribution in [3.05, 3.63) is 17.3 Å². The number of hydrogen-bond acceptors (Lipinski definition) is 4. The minimum Gasteiger partial charge on any atom is -0.463 e. The lowest BCUT2D eigenvalue weighted by atomic mass is 10.1. The lowest BCUT2D eigenvalue weighted by Gasteiger charge is -2.00. The van der Waals surface area contributed by atoms with Crippen LogP contribution in [0.3, 0.4) is 0 Å². The number of nitrogens with zero attached hydrogens (tertiary/aromatic N) is 1. The van der Waals surface area contributed by atoms with Gasteiger partial charge in [0.15, 0.2) is 5.89 Å². The molecule has 0 aliphatic rings. The van der Waals surface area contributed by atoms with Gasteiger partial charge in [-0.3, -0.25) is 0 Å². The standard InChI is InChI=1S/C12H19NO3/c1-5-7-9-10(12(14)15-4)16-11(13-9)8(3)6-2/h8H,5-7H2,1-4H3. The molecule has 1 aromatic rings. The van der Waals surface area contributed by atoms with E-state index in [-0.39, 0.29) is 11.7 Å². The molecule has 0 fully saturated rings. The average Bonchev–Trinajstić information content (AvgIpc) is 2.71. The van der Waals surface area contributed by atoms with Gasteiger partial charge in [-0.05, 0) is 12.8 Å². The van der Waals surface area contributed by atoms with Gasteiger partial charge in [0, 0.05) is 5.92 Å². The van der Waals surface area contributed by atoms with Crippen LogP contribution in [0, 0.1) is 0 Å². The van der Waals surface area contributed by atoms with Crippen molar-refractivity contribution in [3.8, 4) is 0 Å². The molecule has 1 heterocycles. The molecule has 16 heavy (non-hydrogen) atoms. The Morgan fingerprint density at radius 3 is 2.69 bits per heavy atom. The van der Waals surface area contributed by atoms with Gasteiger partial charge < -0.3 is 9.15 Å². The van der Waals surface area contributed by atoms with Crippen LogP contribution in [0.15, 0.2) is 4.42 Å². The van der Waals surface area contributed by atoms with Crippen molar-refractivity contribution in [2.45, 2.75) is 46.0 Å². The fourth-order valence-electron chi connectivity index (χ4n) is 1.41. The van der Waals surface area contributed by atoms with Crippen LogP contribution in [0.4, 0.5) is 0 Å². The molecule has 0 aromatic carbocycles. The summed E-state index contributed by atoms with van der Waals surface area (Å²) in [6.07, 6.45) is 2.60. The molecule has 0 radical (unpaired) electrons. The third-order valence-electron chi connectivity index (χ3n) is 2.61. The minimum absolute atomic E-state index is 0.231. The third kappa shape index (κ3) is 2.62. The molecular formula is C12H19NO3. The molecule has 1 unspecified atom stereocenters. The molecule has 0 aliphatic carbocycles. The number of carbonyl (C=O) groups is 1. The zero-order valence-electron chi connectivity index (χ0n) is 10.4. The maximum atomic E-state index is 11.5. The second kappa shape index (κ2) is 5.68.